The van der Waals surface area contributed by atoms with E-state index in [0.29, 0.717) is 6.42 Å². The molecule has 0 unspecified atom stereocenters. The number of benzene rings is 1. The topological polar surface area (TPSA) is 26.3 Å². The van der Waals surface area contributed by atoms with Gasteiger partial charge < -0.3 is 4.74 Å². The Morgan fingerprint density at radius 1 is 1.05 bits per heavy atom. The van der Waals surface area contributed by atoms with Crippen LogP contribution in [0.2, 0.25) is 0 Å². The van der Waals surface area contributed by atoms with Crippen LogP contribution in [-0.4, -0.2) is 12.1 Å². The van der Waals surface area contributed by atoms with Gasteiger partial charge in [0.05, 0.1) is 0 Å². The van der Waals surface area contributed by atoms with Crippen molar-refractivity contribution in [1.82, 2.24) is 0 Å². The van der Waals surface area contributed by atoms with Gasteiger partial charge in [-0.1, -0.05) is 75.5 Å². The smallest absolute Gasteiger partial charge is 0.307 e. The first-order valence-corrected chi connectivity index (χ1v) is 8.48. The van der Waals surface area contributed by atoms with E-state index in [1.165, 1.54) is 32.1 Å². The van der Waals surface area contributed by atoms with Gasteiger partial charge in [-0.15, -0.1) is 0 Å². The lowest BCUT2D eigenvalue weighted by atomic mass is 10.1. The van der Waals surface area contributed by atoms with E-state index in [9.17, 15) is 4.79 Å². The van der Waals surface area contributed by atoms with Crippen molar-refractivity contribution >= 4 is 5.97 Å². The standard InChI is InChI=1S/C20H28O2/c1-3-4-5-6-7-8-12-15-20(21)22-18(2)16-17-19-13-10-9-11-14-19/h9-11,13-14,18H,3-8,12,15H2,1-2H3/t18-/m1/s1. The molecule has 120 valence electrons. The minimum Gasteiger partial charge on any atom is -0.449 e. The fourth-order valence-electron chi connectivity index (χ4n) is 2.22. The molecule has 22 heavy (non-hydrogen) atoms. The van der Waals surface area contributed by atoms with Gasteiger partial charge in [-0.3, -0.25) is 4.79 Å². The molecule has 0 fully saturated rings. The third-order valence-electron chi connectivity index (χ3n) is 3.49. The maximum atomic E-state index is 11.7. The molecule has 1 aromatic rings. The molecule has 1 rings (SSSR count). The van der Waals surface area contributed by atoms with Crippen LogP contribution in [0, 0.1) is 11.8 Å². The Morgan fingerprint density at radius 2 is 1.68 bits per heavy atom. The molecule has 0 aliphatic heterocycles. The van der Waals surface area contributed by atoms with Gasteiger partial charge in [0.15, 0.2) is 6.10 Å². The minimum absolute atomic E-state index is 0.136. The molecule has 0 bridgehead atoms. The lowest BCUT2D eigenvalue weighted by Gasteiger charge is -2.07. The van der Waals surface area contributed by atoms with E-state index < -0.39 is 0 Å². The molecular formula is C20H28O2. The molecule has 0 saturated heterocycles. The number of hydrogen-bond acceptors (Lipinski definition) is 2. The Balaban J connectivity index is 2.13. The first kappa shape index (κ1) is 18.3. The molecule has 0 N–H and O–H groups in total. The van der Waals surface area contributed by atoms with E-state index >= 15 is 0 Å². The number of unbranched alkanes of at least 4 members (excludes halogenated alkanes) is 6. The summed E-state index contributed by atoms with van der Waals surface area (Å²) in [6.45, 7) is 4.04. The fourth-order valence-corrected chi connectivity index (χ4v) is 2.22. The van der Waals surface area contributed by atoms with E-state index in [2.05, 4.69) is 18.8 Å². The van der Waals surface area contributed by atoms with Gasteiger partial charge in [-0.25, -0.2) is 0 Å². The Morgan fingerprint density at radius 3 is 2.36 bits per heavy atom. The number of rotatable bonds is 9. The Hall–Kier alpha value is -1.75. The molecule has 0 heterocycles. The fraction of sp³-hybridized carbons (Fsp3) is 0.550. The second-order valence-corrected chi connectivity index (χ2v) is 5.64. The van der Waals surface area contributed by atoms with Crippen molar-refractivity contribution in [3.05, 3.63) is 35.9 Å². The number of carbonyl (C=O) groups is 1. The molecule has 2 nitrogen and oxygen atoms in total. The summed E-state index contributed by atoms with van der Waals surface area (Å²) in [7, 11) is 0. The Kier molecular flexibility index (Phi) is 9.87. The van der Waals surface area contributed by atoms with E-state index in [1.54, 1.807) is 0 Å². The van der Waals surface area contributed by atoms with Crippen LogP contribution in [0.5, 0.6) is 0 Å². The van der Waals surface area contributed by atoms with E-state index in [-0.39, 0.29) is 12.1 Å². The van der Waals surface area contributed by atoms with E-state index in [4.69, 9.17) is 4.74 Å². The summed E-state index contributed by atoms with van der Waals surface area (Å²) in [6.07, 6.45) is 8.59. The van der Waals surface area contributed by atoms with E-state index in [1.807, 2.05) is 37.3 Å². The molecule has 2 heteroatoms. The molecule has 1 atom stereocenters. The number of esters is 1. The highest BCUT2D eigenvalue weighted by atomic mass is 16.5. The van der Waals surface area contributed by atoms with Crippen LogP contribution in [-0.2, 0) is 9.53 Å². The summed E-state index contributed by atoms with van der Waals surface area (Å²) in [4.78, 5) is 11.7. The van der Waals surface area contributed by atoms with Gasteiger partial charge in [-0.2, -0.15) is 0 Å². The lowest BCUT2D eigenvalue weighted by molar-refractivity contribution is -0.145. The number of ether oxygens (including phenoxy) is 1. The zero-order valence-electron chi connectivity index (χ0n) is 13.9. The summed E-state index contributed by atoms with van der Waals surface area (Å²) >= 11 is 0. The maximum Gasteiger partial charge on any atom is 0.307 e. The zero-order chi connectivity index (χ0) is 16.0. The van der Waals surface area contributed by atoms with Gasteiger partial charge in [0.2, 0.25) is 0 Å². The summed E-state index contributed by atoms with van der Waals surface area (Å²) < 4.78 is 5.30. The average molecular weight is 300 g/mol. The van der Waals surface area contributed by atoms with Crippen LogP contribution in [0.4, 0.5) is 0 Å². The quantitative estimate of drug-likeness (QED) is 0.360. The van der Waals surface area contributed by atoms with Gasteiger partial charge >= 0.3 is 5.97 Å². The SMILES string of the molecule is CCCCCCCCCC(=O)O[C@H](C)C#Cc1ccccc1. The van der Waals surface area contributed by atoms with Crippen molar-refractivity contribution in [2.45, 2.75) is 71.3 Å². The van der Waals surface area contributed by atoms with Crippen LogP contribution in [0.1, 0.15) is 70.8 Å². The second-order valence-electron chi connectivity index (χ2n) is 5.64. The number of carbonyl (C=O) groups excluding carboxylic acids is 1. The summed E-state index contributed by atoms with van der Waals surface area (Å²) in [6, 6.07) is 9.74. The highest BCUT2D eigenvalue weighted by Crippen LogP contribution is 2.09. The van der Waals surface area contributed by atoms with Crippen molar-refractivity contribution in [3.63, 3.8) is 0 Å². The minimum atomic E-state index is -0.350. The van der Waals surface area contributed by atoms with Gasteiger partial charge in [0.1, 0.15) is 0 Å². The van der Waals surface area contributed by atoms with E-state index in [0.717, 1.165) is 18.4 Å². The summed E-state index contributed by atoms with van der Waals surface area (Å²) in [5, 5.41) is 0. The van der Waals surface area contributed by atoms with Crippen molar-refractivity contribution in [1.29, 1.82) is 0 Å². The van der Waals surface area contributed by atoms with Crippen LogP contribution in [0.25, 0.3) is 0 Å². The van der Waals surface area contributed by atoms with Crippen LogP contribution < -0.4 is 0 Å². The molecule has 0 radical (unpaired) electrons. The molecule has 0 aliphatic carbocycles. The molecule has 0 amide bonds. The monoisotopic (exact) mass is 300 g/mol. The van der Waals surface area contributed by atoms with Crippen LogP contribution in [0.15, 0.2) is 30.3 Å². The summed E-state index contributed by atoms with van der Waals surface area (Å²) in [5.74, 6) is 5.84. The highest BCUT2D eigenvalue weighted by Gasteiger charge is 2.06. The predicted octanol–water partition coefficient (Wildman–Crippen LogP) is 5.11. The normalized spacial score (nSPS) is 11.4. The third-order valence-corrected chi connectivity index (χ3v) is 3.49. The van der Waals surface area contributed by atoms with Crippen molar-refractivity contribution in [2.75, 3.05) is 0 Å². The largest absolute Gasteiger partial charge is 0.449 e. The first-order valence-electron chi connectivity index (χ1n) is 8.48. The Bertz CT molecular complexity index is 467. The zero-order valence-corrected chi connectivity index (χ0v) is 13.9. The van der Waals surface area contributed by atoms with Gasteiger partial charge in [0, 0.05) is 12.0 Å². The number of hydrogen-bond donors (Lipinski definition) is 0. The average Bonchev–Trinajstić information content (AvgIpc) is 2.53. The van der Waals surface area contributed by atoms with Crippen LogP contribution >= 0.6 is 0 Å². The van der Waals surface area contributed by atoms with Crippen molar-refractivity contribution < 1.29 is 9.53 Å². The molecular weight excluding hydrogens is 272 g/mol. The molecule has 1 aromatic carbocycles. The van der Waals surface area contributed by atoms with Crippen molar-refractivity contribution in [2.24, 2.45) is 0 Å². The van der Waals surface area contributed by atoms with Gasteiger partial charge in [-0.05, 0) is 25.5 Å². The summed E-state index contributed by atoms with van der Waals surface area (Å²) in [5.41, 5.74) is 0.942. The molecule has 0 saturated carbocycles. The molecule has 0 aliphatic rings. The lowest BCUT2D eigenvalue weighted by Crippen LogP contribution is -2.12. The molecule has 0 aromatic heterocycles. The molecule has 0 spiro atoms. The first-order chi connectivity index (χ1) is 10.7. The highest BCUT2D eigenvalue weighted by molar-refractivity contribution is 5.69. The second kappa shape index (κ2) is 11.9. The van der Waals surface area contributed by atoms with Crippen molar-refractivity contribution in [3.8, 4) is 11.8 Å². The maximum absolute atomic E-state index is 11.7. The van der Waals surface area contributed by atoms with Crippen LogP contribution in [0.3, 0.4) is 0 Å². The Labute approximate surface area is 135 Å². The van der Waals surface area contributed by atoms with Gasteiger partial charge in [0.25, 0.3) is 0 Å². The third kappa shape index (κ3) is 9.23. The predicted molar refractivity (Wildman–Crippen MR) is 91.5 cm³/mol.